The van der Waals surface area contributed by atoms with E-state index in [2.05, 4.69) is 282 Å². The van der Waals surface area contributed by atoms with Crippen molar-refractivity contribution in [3.8, 4) is 44.5 Å². The molecule has 11 aromatic carbocycles. The quantitative estimate of drug-likeness (QED) is 0.147. The second-order valence-electron chi connectivity index (χ2n) is 22.0. The van der Waals surface area contributed by atoms with Crippen LogP contribution < -0.4 is 9.80 Å². The Hall–Kier alpha value is -8.46. The maximum atomic E-state index is 2.55. The van der Waals surface area contributed by atoms with Gasteiger partial charge in [-0.15, -0.1) is 0 Å². The van der Waals surface area contributed by atoms with Crippen LogP contribution in [0.4, 0.5) is 34.1 Å². The van der Waals surface area contributed by atoms with Crippen molar-refractivity contribution in [2.45, 2.75) is 57.8 Å². The van der Waals surface area contributed by atoms with Gasteiger partial charge in [0.1, 0.15) is 0 Å². The highest BCUT2D eigenvalue weighted by molar-refractivity contribution is 6.18. The minimum absolute atomic E-state index is 0.176. The maximum Gasteiger partial charge on any atom is 0.0540 e. The Labute approximate surface area is 429 Å². The molecule has 0 aromatic heterocycles. The van der Waals surface area contributed by atoms with E-state index in [-0.39, 0.29) is 16.2 Å². The van der Waals surface area contributed by atoms with Crippen LogP contribution in [0.1, 0.15) is 74.9 Å². The van der Waals surface area contributed by atoms with Crippen molar-refractivity contribution in [2.75, 3.05) is 9.80 Å². The van der Waals surface area contributed by atoms with Crippen molar-refractivity contribution in [3.63, 3.8) is 0 Å². The van der Waals surface area contributed by atoms with Crippen molar-refractivity contribution in [3.05, 3.63) is 264 Å². The smallest absolute Gasteiger partial charge is 0.0540 e. The van der Waals surface area contributed by atoms with E-state index in [0.717, 1.165) is 22.7 Å². The Morgan fingerprint density at radius 3 is 1.44 bits per heavy atom. The van der Waals surface area contributed by atoms with Crippen LogP contribution in [0.25, 0.3) is 66.1 Å². The Bertz CT molecular complexity index is 4060. The molecule has 3 aliphatic carbocycles. The minimum atomic E-state index is -0.300. The summed E-state index contributed by atoms with van der Waals surface area (Å²) in [5.74, 6) is 0. The van der Waals surface area contributed by atoms with Crippen molar-refractivity contribution < 1.29 is 0 Å². The predicted molar refractivity (Wildman–Crippen MR) is 309 cm³/mol. The number of benzene rings is 11. The normalized spacial score (nSPS) is 14.8. The summed E-state index contributed by atoms with van der Waals surface area (Å²) >= 11 is 0. The number of rotatable bonds is 7. The molecule has 0 bridgehead atoms. The number of fused-ring (bicyclic) bond motifs is 10. The summed E-state index contributed by atoms with van der Waals surface area (Å²) in [6, 6.07) is 86.4. The summed E-state index contributed by atoms with van der Waals surface area (Å²) in [6.45, 7) is 14.4. The molecule has 0 saturated heterocycles. The molecule has 3 aliphatic rings. The van der Waals surface area contributed by atoms with Crippen LogP contribution in [0.2, 0.25) is 0 Å². The van der Waals surface area contributed by atoms with E-state index in [1.807, 2.05) is 0 Å². The molecule has 0 spiro atoms. The summed E-state index contributed by atoms with van der Waals surface area (Å²) in [7, 11) is 0. The third-order valence-corrected chi connectivity index (χ3v) is 17.0. The second-order valence-corrected chi connectivity index (χ2v) is 22.0. The van der Waals surface area contributed by atoms with Gasteiger partial charge in [-0.3, -0.25) is 0 Å². The molecular formula is C71H56N2. The van der Waals surface area contributed by atoms with E-state index in [1.165, 1.54) is 111 Å². The van der Waals surface area contributed by atoms with E-state index in [9.17, 15) is 0 Å². The lowest BCUT2D eigenvalue weighted by Crippen LogP contribution is -2.25. The first-order valence-corrected chi connectivity index (χ1v) is 25.9. The maximum absolute atomic E-state index is 2.55. The van der Waals surface area contributed by atoms with Gasteiger partial charge < -0.3 is 9.80 Å². The highest BCUT2D eigenvalue weighted by Crippen LogP contribution is 2.58. The van der Waals surface area contributed by atoms with Crippen LogP contribution >= 0.6 is 0 Å². The number of para-hydroxylation sites is 2. The van der Waals surface area contributed by atoms with Gasteiger partial charge in [0, 0.05) is 38.9 Å². The Kier molecular flexibility index (Phi) is 9.36. The molecule has 0 heterocycles. The Morgan fingerprint density at radius 2 is 0.767 bits per heavy atom. The molecule has 0 atom stereocenters. The zero-order chi connectivity index (χ0) is 49.4. The lowest BCUT2D eigenvalue weighted by atomic mass is 9.68. The summed E-state index contributed by atoms with van der Waals surface area (Å²) < 4.78 is 0. The van der Waals surface area contributed by atoms with E-state index >= 15 is 0 Å². The Morgan fingerprint density at radius 1 is 0.274 bits per heavy atom. The lowest BCUT2D eigenvalue weighted by molar-refractivity contribution is 0.645. The van der Waals surface area contributed by atoms with E-state index in [0.29, 0.717) is 0 Å². The van der Waals surface area contributed by atoms with E-state index < -0.39 is 0 Å². The first-order chi connectivity index (χ1) is 35.5. The average Bonchev–Trinajstić information content (AvgIpc) is 3.82. The highest BCUT2D eigenvalue weighted by atomic mass is 15.2. The standard InChI is InChI=1S/C71H56N2/c1-69(2)61-34-19-29-54-57-43-48(73(63-35-18-15-26-50(63)45-22-9-7-10-23-45)65-37-21-31-56-52-28-14-17-33-60(52)71(5,6)68(56)65)39-38-46(57)42-58(66(54)61)53-41-40-49(44-62(53)69)72(47-24-11-8-12-25-47)64-36-20-30-55-51-27-13-16-32-59(51)70(3,4)67(55)64/h7-44H,1-6H3. The van der Waals surface area contributed by atoms with Crippen LogP contribution in [-0.2, 0) is 16.2 Å². The molecule has 0 fully saturated rings. The predicted octanol–water partition coefficient (Wildman–Crippen LogP) is 19.5. The van der Waals surface area contributed by atoms with Crippen molar-refractivity contribution in [1.82, 2.24) is 0 Å². The molecule has 2 nitrogen and oxygen atoms in total. The van der Waals surface area contributed by atoms with Gasteiger partial charge in [-0.05, 0) is 155 Å². The number of hydrogen-bond donors (Lipinski definition) is 0. The molecule has 11 aromatic rings. The largest absolute Gasteiger partial charge is 0.310 e. The van der Waals surface area contributed by atoms with Crippen LogP contribution in [0.15, 0.2) is 231 Å². The molecule has 0 unspecified atom stereocenters. The van der Waals surface area contributed by atoms with Gasteiger partial charge in [0.15, 0.2) is 0 Å². The molecule has 0 aliphatic heterocycles. The molecule has 0 amide bonds. The fourth-order valence-electron chi connectivity index (χ4n) is 13.6. The molecule has 0 N–H and O–H groups in total. The molecule has 73 heavy (non-hydrogen) atoms. The van der Waals surface area contributed by atoms with E-state index in [4.69, 9.17) is 0 Å². The lowest BCUT2D eigenvalue weighted by Gasteiger charge is -2.37. The molecule has 14 rings (SSSR count). The van der Waals surface area contributed by atoms with Gasteiger partial charge in [0.05, 0.1) is 17.1 Å². The van der Waals surface area contributed by atoms with Gasteiger partial charge in [-0.1, -0.05) is 211 Å². The van der Waals surface area contributed by atoms with E-state index in [1.54, 1.807) is 0 Å². The Balaban J connectivity index is 0.960. The molecule has 0 radical (unpaired) electrons. The summed E-state index contributed by atoms with van der Waals surface area (Å²) in [5, 5.41) is 5.10. The first-order valence-electron chi connectivity index (χ1n) is 25.9. The molecule has 2 heteroatoms. The van der Waals surface area contributed by atoms with Crippen molar-refractivity contribution >= 4 is 55.7 Å². The summed E-state index contributed by atoms with van der Waals surface area (Å²) in [6.07, 6.45) is 0. The fourth-order valence-corrected chi connectivity index (χ4v) is 13.6. The van der Waals surface area contributed by atoms with Gasteiger partial charge in [0.2, 0.25) is 0 Å². The number of hydrogen-bond acceptors (Lipinski definition) is 2. The van der Waals surface area contributed by atoms with Crippen molar-refractivity contribution in [2.24, 2.45) is 0 Å². The van der Waals surface area contributed by atoms with Gasteiger partial charge >= 0.3 is 0 Å². The minimum Gasteiger partial charge on any atom is -0.310 e. The fraction of sp³-hybridized carbons (Fsp3) is 0.127. The molecule has 350 valence electrons. The third kappa shape index (κ3) is 6.23. The molecule has 0 saturated carbocycles. The first kappa shape index (κ1) is 43.3. The van der Waals surface area contributed by atoms with Gasteiger partial charge in [0.25, 0.3) is 0 Å². The number of anilines is 6. The van der Waals surface area contributed by atoms with Crippen LogP contribution in [0, 0.1) is 0 Å². The van der Waals surface area contributed by atoms with Crippen LogP contribution in [0.5, 0.6) is 0 Å². The zero-order valence-electron chi connectivity index (χ0n) is 42.3. The average molecular weight is 937 g/mol. The zero-order valence-corrected chi connectivity index (χ0v) is 42.3. The van der Waals surface area contributed by atoms with Crippen LogP contribution in [-0.4, -0.2) is 0 Å². The topological polar surface area (TPSA) is 6.48 Å². The monoisotopic (exact) mass is 936 g/mol. The molecular weight excluding hydrogens is 881 g/mol. The second kappa shape index (κ2) is 15.8. The van der Waals surface area contributed by atoms with Gasteiger partial charge in [-0.25, -0.2) is 0 Å². The SMILES string of the molecule is CC1(C)c2ccccc2-c2cccc(N(c3ccccc3)c3ccc4c(c3)C(C)(C)c3cccc5c3c-4cc3ccc(N(c4ccccc4-c4ccccc4)c4cccc6c4C(C)(C)c4ccccc4-6)cc35)c21. The van der Waals surface area contributed by atoms with Gasteiger partial charge in [-0.2, -0.15) is 0 Å². The highest BCUT2D eigenvalue weighted by Gasteiger charge is 2.41. The van der Waals surface area contributed by atoms with Crippen LogP contribution in [0.3, 0.4) is 0 Å². The number of nitrogens with zero attached hydrogens (tertiary/aromatic N) is 2. The summed E-state index contributed by atoms with van der Waals surface area (Å²) in [4.78, 5) is 5.05. The summed E-state index contributed by atoms with van der Waals surface area (Å²) in [5.41, 5.74) is 24.7. The third-order valence-electron chi connectivity index (χ3n) is 17.0. The van der Waals surface area contributed by atoms with Crippen molar-refractivity contribution in [1.29, 1.82) is 0 Å².